The van der Waals surface area contributed by atoms with Crippen molar-refractivity contribution < 1.29 is 14.7 Å². The molecule has 0 aromatic carbocycles. The molecule has 92 valence electrons. The van der Waals surface area contributed by atoms with Gasteiger partial charge in [-0.15, -0.1) is 0 Å². The maximum absolute atomic E-state index is 11.4. The van der Waals surface area contributed by atoms with Crippen LogP contribution < -0.4 is 16.6 Å². The minimum Gasteiger partial charge on any atom is -0.465 e. The maximum atomic E-state index is 11.4. The molecule has 0 bridgehead atoms. The summed E-state index contributed by atoms with van der Waals surface area (Å²) < 4.78 is 0. The molecule has 6 heteroatoms. The van der Waals surface area contributed by atoms with Gasteiger partial charge in [-0.3, -0.25) is 10.2 Å². The second-order valence-corrected chi connectivity index (χ2v) is 4.25. The van der Waals surface area contributed by atoms with E-state index in [0.717, 1.165) is 25.7 Å². The highest BCUT2D eigenvalue weighted by atomic mass is 16.4. The molecule has 1 fully saturated rings. The van der Waals surface area contributed by atoms with Gasteiger partial charge in [-0.1, -0.05) is 32.1 Å². The molecule has 0 unspecified atom stereocenters. The molecule has 0 aliphatic heterocycles. The van der Waals surface area contributed by atoms with Crippen LogP contribution in [0.2, 0.25) is 0 Å². The van der Waals surface area contributed by atoms with Gasteiger partial charge in [0.1, 0.15) is 6.04 Å². The molecule has 16 heavy (non-hydrogen) atoms. The lowest BCUT2D eigenvalue weighted by Gasteiger charge is -2.25. The number of amides is 2. The lowest BCUT2D eigenvalue weighted by molar-refractivity contribution is -0.123. The van der Waals surface area contributed by atoms with Crippen LogP contribution in [0.25, 0.3) is 0 Å². The van der Waals surface area contributed by atoms with Crippen molar-refractivity contribution in [2.24, 2.45) is 11.8 Å². The Morgan fingerprint density at radius 2 is 1.94 bits per heavy atom. The SMILES string of the molecule is NNC(=O)[C@H](CC1CCCCC1)NC(=O)O. The Kier molecular flexibility index (Phi) is 5.04. The number of carboxylic acid groups (broad SMARTS) is 1. The molecule has 0 heterocycles. The number of nitrogens with two attached hydrogens (primary N) is 1. The predicted molar refractivity (Wildman–Crippen MR) is 58.5 cm³/mol. The van der Waals surface area contributed by atoms with Gasteiger partial charge in [-0.25, -0.2) is 10.6 Å². The molecule has 0 saturated heterocycles. The molecule has 1 aliphatic carbocycles. The van der Waals surface area contributed by atoms with Crippen molar-refractivity contribution in [3.8, 4) is 0 Å². The monoisotopic (exact) mass is 229 g/mol. The van der Waals surface area contributed by atoms with E-state index in [1.807, 2.05) is 5.43 Å². The van der Waals surface area contributed by atoms with E-state index in [0.29, 0.717) is 12.3 Å². The van der Waals surface area contributed by atoms with Crippen LogP contribution in [0.5, 0.6) is 0 Å². The second-order valence-electron chi connectivity index (χ2n) is 4.25. The van der Waals surface area contributed by atoms with Crippen LogP contribution in [0.4, 0.5) is 4.79 Å². The van der Waals surface area contributed by atoms with E-state index in [9.17, 15) is 9.59 Å². The first-order chi connectivity index (χ1) is 7.63. The summed E-state index contributed by atoms with van der Waals surface area (Å²) in [6, 6.07) is -0.731. The van der Waals surface area contributed by atoms with E-state index in [2.05, 4.69) is 5.32 Å². The number of nitrogens with one attached hydrogen (secondary N) is 2. The summed E-state index contributed by atoms with van der Waals surface area (Å²) in [4.78, 5) is 21.9. The Bertz CT molecular complexity index is 252. The standard InChI is InChI=1S/C10H19N3O3/c11-13-9(14)8(12-10(15)16)6-7-4-2-1-3-5-7/h7-8,12H,1-6,11H2,(H,13,14)(H,15,16)/t8-/m0/s1. The van der Waals surface area contributed by atoms with Crippen LogP contribution in [0.15, 0.2) is 0 Å². The average Bonchev–Trinajstić information content (AvgIpc) is 2.28. The van der Waals surface area contributed by atoms with Crippen molar-refractivity contribution in [2.75, 3.05) is 0 Å². The Hall–Kier alpha value is -1.30. The summed E-state index contributed by atoms with van der Waals surface area (Å²) in [6.45, 7) is 0. The summed E-state index contributed by atoms with van der Waals surface area (Å²) in [6.07, 6.45) is 5.03. The molecule has 1 atom stereocenters. The Morgan fingerprint density at radius 1 is 1.31 bits per heavy atom. The molecule has 2 amide bonds. The normalized spacial score (nSPS) is 18.8. The van der Waals surface area contributed by atoms with Crippen molar-refractivity contribution in [1.29, 1.82) is 0 Å². The van der Waals surface area contributed by atoms with Gasteiger partial charge in [0.2, 0.25) is 0 Å². The quantitative estimate of drug-likeness (QED) is 0.321. The Morgan fingerprint density at radius 3 is 2.44 bits per heavy atom. The molecular weight excluding hydrogens is 210 g/mol. The van der Waals surface area contributed by atoms with Crippen LogP contribution in [0.1, 0.15) is 38.5 Å². The predicted octanol–water partition coefficient (Wildman–Crippen LogP) is 0.583. The highest BCUT2D eigenvalue weighted by Gasteiger charge is 2.25. The van der Waals surface area contributed by atoms with E-state index in [-0.39, 0.29) is 0 Å². The zero-order valence-electron chi connectivity index (χ0n) is 9.24. The highest BCUT2D eigenvalue weighted by molar-refractivity contribution is 5.84. The first-order valence-corrected chi connectivity index (χ1v) is 5.63. The fourth-order valence-electron chi connectivity index (χ4n) is 2.24. The summed E-state index contributed by atoms with van der Waals surface area (Å²) in [5, 5.41) is 10.8. The third kappa shape index (κ3) is 4.06. The van der Waals surface area contributed by atoms with E-state index >= 15 is 0 Å². The smallest absolute Gasteiger partial charge is 0.405 e. The van der Waals surface area contributed by atoms with Crippen LogP contribution in [-0.2, 0) is 4.79 Å². The number of carbonyl (C=O) groups excluding carboxylic acids is 1. The van der Waals surface area contributed by atoms with Crippen LogP contribution in [-0.4, -0.2) is 23.1 Å². The van der Waals surface area contributed by atoms with E-state index in [1.165, 1.54) is 6.42 Å². The molecule has 1 aliphatic rings. The molecule has 0 aromatic rings. The molecule has 6 nitrogen and oxygen atoms in total. The maximum Gasteiger partial charge on any atom is 0.405 e. The van der Waals surface area contributed by atoms with E-state index in [1.54, 1.807) is 0 Å². The second kappa shape index (κ2) is 6.32. The van der Waals surface area contributed by atoms with E-state index in [4.69, 9.17) is 10.9 Å². The number of hydrogen-bond donors (Lipinski definition) is 4. The van der Waals surface area contributed by atoms with Crippen LogP contribution >= 0.6 is 0 Å². The zero-order valence-corrected chi connectivity index (χ0v) is 9.24. The molecule has 0 spiro atoms. The molecule has 5 N–H and O–H groups in total. The van der Waals surface area contributed by atoms with Crippen molar-refractivity contribution in [3.05, 3.63) is 0 Å². The number of hydrogen-bond acceptors (Lipinski definition) is 3. The third-order valence-corrected chi connectivity index (χ3v) is 3.05. The summed E-state index contributed by atoms with van der Waals surface area (Å²) in [7, 11) is 0. The van der Waals surface area contributed by atoms with Gasteiger partial charge in [-0.05, 0) is 12.3 Å². The van der Waals surface area contributed by atoms with Gasteiger partial charge in [0.25, 0.3) is 5.91 Å². The van der Waals surface area contributed by atoms with Crippen molar-refractivity contribution in [3.63, 3.8) is 0 Å². The van der Waals surface area contributed by atoms with Gasteiger partial charge < -0.3 is 10.4 Å². The number of rotatable bonds is 4. The summed E-state index contributed by atoms with van der Waals surface area (Å²) >= 11 is 0. The number of hydrazine groups is 1. The first-order valence-electron chi connectivity index (χ1n) is 5.63. The fourth-order valence-corrected chi connectivity index (χ4v) is 2.24. The van der Waals surface area contributed by atoms with E-state index < -0.39 is 18.0 Å². The number of carbonyl (C=O) groups is 2. The topological polar surface area (TPSA) is 104 Å². The van der Waals surface area contributed by atoms with Crippen LogP contribution in [0.3, 0.4) is 0 Å². The molecule has 0 aromatic heterocycles. The Labute approximate surface area is 94.5 Å². The van der Waals surface area contributed by atoms with Gasteiger partial charge in [0.05, 0.1) is 0 Å². The van der Waals surface area contributed by atoms with Gasteiger partial charge in [-0.2, -0.15) is 0 Å². The molecule has 0 radical (unpaired) electrons. The van der Waals surface area contributed by atoms with Gasteiger partial charge in [0, 0.05) is 0 Å². The lowest BCUT2D eigenvalue weighted by Crippen LogP contribution is -2.49. The average molecular weight is 229 g/mol. The largest absolute Gasteiger partial charge is 0.465 e. The summed E-state index contributed by atoms with van der Waals surface area (Å²) in [5.41, 5.74) is 2.00. The fraction of sp³-hybridized carbons (Fsp3) is 0.800. The minimum atomic E-state index is -1.19. The van der Waals surface area contributed by atoms with Crippen LogP contribution in [0, 0.1) is 5.92 Å². The van der Waals surface area contributed by atoms with Crippen molar-refractivity contribution in [2.45, 2.75) is 44.6 Å². The molecule has 1 rings (SSSR count). The van der Waals surface area contributed by atoms with Gasteiger partial charge >= 0.3 is 6.09 Å². The minimum absolute atomic E-state index is 0.419. The lowest BCUT2D eigenvalue weighted by atomic mass is 9.84. The van der Waals surface area contributed by atoms with Gasteiger partial charge in [0.15, 0.2) is 0 Å². The van der Waals surface area contributed by atoms with Crippen molar-refractivity contribution in [1.82, 2.24) is 10.7 Å². The summed E-state index contributed by atoms with van der Waals surface area (Å²) in [5.74, 6) is 4.98. The zero-order chi connectivity index (χ0) is 12.0. The van der Waals surface area contributed by atoms with Crippen molar-refractivity contribution >= 4 is 12.0 Å². The first kappa shape index (κ1) is 12.8. The Balaban J connectivity index is 2.47. The highest BCUT2D eigenvalue weighted by Crippen LogP contribution is 2.27. The molecule has 1 saturated carbocycles. The third-order valence-electron chi connectivity index (χ3n) is 3.05. The molecular formula is C10H19N3O3.